The predicted octanol–water partition coefficient (Wildman–Crippen LogP) is 1.73. The standard InChI is InChI=1S/C13H15F3N2O3S/c14-13(15,16)9-4-6-10(7-5-9)22(20,21)18-8-2-1-3-11(18)12(17)19/h4-7,11H,1-3,8H2,(H2,17,19)/t11-/m0/s1. The minimum Gasteiger partial charge on any atom is -0.368 e. The first-order valence-electron chi connectivity index (χ1n) is 6.62. The number of amides is 1. The molecule has 0 spiro atoms. The maximum atomic E-state index is 12.5. The van der Waals surface area contributed by atoms with Crippen LogP contribution in [0.3, 0.4) is 0 Å². The van der Waals surface area contributed by atoms with Crippen molar-refractivity contribution in [3.8, 4) is 0 Å². The van der Waals surface area contributed by atoms with E-state index in [0.29, 0.717) is 31.4 Å². The topological polar surface area (TPSA) is 80.5 Å². The van der Waals surface area contributed by atoms with E-state index in [-0.39, 0.29) is 11.4 Å². The summed E-state index contributed by atoms with van der Waals surface area (Å²) >= 11 is 0. The molecule has 9 heteroatoms. The molecule has 22 heavy (non-hydrogen) atoms. The minimum atomic E-state index is -4.54. The molecule has 0 aliphatic carbocycles. The van der Waals surface area contributed by atoms with Crippen LogP contribution in [0.1, 0.15) is 24.8 Å². The molecule has 5 nitrogen and oxygen atoms in total. The minimum absolute atomic E-state index is 0.122. The van der Waals surface area contributed by atoms with Crippen molar-refractivity contribution in [1.29, 1.82) is 0 Å². The SMILES string of the molecule is NC(=O)[C@@H]1CCCCN1S(=O)(=O)c1ccc(C(F)(F)F)cc1. The molecule has 122 valence electrons. The highest BCUT2D eigenvalue weighted by Crippen LogP contribution is 2.31. The van der Waals surface area contributed by atoms with Gasteiger partial charge in [0.15, 0.2) is 0 Å². The molecule has 1 aliphatic rings. The number of benzene rings is 1. The second-order valence-corrected chi connectivity index (χ2v) is 6.94. The zero-order chi connectivity index (χ0) is 16.5. The fraction of sp³-hybridized carbons (Fsp3) is 0.462. The molecule has 0 bridgehead atoms. The number of rotatable bonds is 3. The molecule has 0 aromatic heterocycles. The molecular weight excluding hydrogens is 321 g/mol. The van der Waals surface area contributed by atoms with Crippen LogP contribution in [0.15, 0.2) is 29.2 Å². The van der Waals surface area contributed by atoms with E-state index in [9.17, 15) is 26.4 Å². The molecule has 1 saturated heterocycles. The number of primary amides is 1. The highest BCUT2D eigenvalue weighted by atomic mass is 32.2. The molecular formula is C13H15F3N2O3S. The third-order valence-electron chi connectivity index (χ3n) is 3.57. The summed E-state index contributed by atoms with van der Waals surface area (Å²) < 4.78 is 63.5. The van der Waals surface area contributed by atoms with Gasteiger partial charge in [0.1, 0.15) is 6.04 Å². The lowest BCUT2D eigenvalue weighted by atomic mass is 10.0. The van der Waals surface area contributed by atoms with Gasteiger partial charge in [-0.1, -0.05) is 6.42 Å². The Kier molecular flexibility index (Phi) is 4.48. The number of halogens is 3. The molecule has 1 heterocycles. The van der Waals surface area contributed by atoms with Crippen LogP contribution >= 0.6 is 0 Å². The van der Waals surface area contributed by atoms with Gasteiger partial charge in [0.2, 0.25) is 15.9 Å². The average Bonchev–Trinajstić information content (AvgIpc) is 2.46. The number of nitrogens with zero attached hydrogens (tertiary/aromatic N) is 1. The van der Waals surface area contributed by atoms with E-state index in [4.69, 9.17) is 5.73 Å². The largest absolute Gasteiger partial charge is 0.416 e. The van der Waals surface area contributed by atoms with E-state index >= 15 is 0 Å². The van der Waals surface area contributed by atoms with Crippen LogP contribution in [0.5, 0.6) is 0 Å². The van der Waals surface area contributed by atoms with E-state index in [1.54, 1.807) is 0 Å². The molecule has 1 aliphatic heterocycles. The maximum absolute atomic E-state index is 12.5. The predicted molar refractivity (Wildman–Crippen MR) is 72.2 cm³/mol. The zero-order valence-electron chi connectivity index (χ0n) is 11.5. The first kappa shape index (κ1) is 16.8. The number of alkyl halides is 3. The maximum Gasteiger partial charge on any atom is 0.416 e. The Hall–Kier alpha value is -1.61. The molecule has 1 aromatic carbocycles. The molecule has 1 amide bonds. The number of hydrogen-bond donors (Lipinski definition) is 1. The van der Waals surface area contributed by atoms with E-state index in [2.05, 4.69) is 0 Å². The summed E-state index contributed by atoms with van der Waals surface area (Å²) in [4.78, 5) is 11.1. The van der Waals surface area contributed by atoms with Gasteiger partial charge in [-0.15, -0.1) is 0 Å². The summed E-state index contributed by atoms with van der Waals surface area (Å²) in [6.45, 7) is 0.122. The van der Waals surface area contributed by atoms with Crippen molar-refractivity contribution in [2.24, 2.45) is 5.73 Å². The lowest BCUT2D eigenvalue weighted by molar-refractivity contribution is -0.137. The lowest BCUT2D eigenvalue weighted by Crippen LogP contribution is -2.50. The van der Waals surface area contributed by atoms with Crippen LogP contribution in [0, 0.1) is 0 Å². The van der Waals surface area contributed by atoms with Crippen LogP contribution in [0.25, 0.3) is 0 Å². The summed E-state index contributed by atoms with van der Waals surface area (Å²) in [5.74, 6) is -0.754. The monoisotopic (exact) mass is 336 g/mol. The van der Waals surface area contributed by atoms with Gasteiger partial charge in [-0.3, -0.25) is 4.79 Å². The smallest absolute Gasteiger partial charge is 0.368 e. The Labute approximate surface area is 125 Å². The van der Waals surface area contributed by atoms with Crippen LogP contribution < -0.4 is 5.73 Å². The zero-order valence-corrected chi connectivity index (χ0v) is 12.3. The van der Waals surface area contributed by atoms with Gasteiger partial charge in [-0.2, -0.15) is 17.5 Å². The van der Waals surface area contributed by atoms with Crippen molar-refractivity contribution in [1.82, 2.24) is 4.31 Å². The van der Waals surface area contributed by atoms with Gasteiger partial charge in [0.05, 0.1) is 10.5 Å². The molecule has 2 N–H and O–H groups in total. The van der Waals surface area contributed by atoms with Gasteiger partial charge in [0.25, 0.3) is 0 Å². The van der Waals surface area contributed by atoms with E-state index < -0.39 is 33.7 Å². The van der Waals surface area contributed by atoms with Crippen molar-refractivity contribution in [3.05, 3.63) is 29.8 Å². The first-order valence-corrected chi connectivity index (χ1v) is 8.06. The number of sulfonamides is 1. The summed E-state index contributed by atoms with van der Waals surface area (Å²) in [6.07, 6.45) is -2.98. The van der Waals surface area contributed by atoms with Gasteiger partial charge in [0, 0.05) is 6.54 Å². The Morgan fingerprint density at radius 2 is 1.77 bits per heavy atom. The summed E-state index contributed by atoms with van der Waals surface area (Å²) in [6, 6.07) is 2.24. The van der Waals surface area contributed by atoms with Crippen LogP contribution in [-0.2, 0) is 21.0 Å². The van der Waals surface area contributed by atoms with Crippen LogP contribution in [-0.4, -0.2) is 31.2 Å². The van der Waals surface area contributed by atoms with Crippen molar-refractivity contribution >= 4 is 15.9 Å². The normalized spacial score (nSPS) is 20.8. The summed E-state index contributed by atoms with van der Waals surface area (Å²) in [5, 5.41) is 0. The molecule has 1 aromatic rings. The lowest BCUT2D eigenvalue weighted by Gasteiger charge is -2.32. The molecule has 1 fully saturated rings. The van der Waals surface area contributed by atoms with Gasteiger partial charge in [-0.25, -0.2) is 8.42 Å². The second kappa shape index (κ2) is 5.88. The van der Waals surface area contributed by atoms with Crippen molar-refractivity contribution in [2.45, 2.75) is 36.4 Å². The van der Waals surface area contributed by atoms with Crippen molar-refractivity contribution in [2.75, 3.05) is 6.54 Å². The third kappa shape index (κ3) is 3.25. The first-order chi connectivity index (χ1) is 10.1. The fourth-order valence-corrected chi connectivity index (χ4v) is 4.09. The molecule has 1 atom stereocenters. The number of hydrogen-bond acceptors (Lipinski definition) is 3. The fourth-order valence-electron chi connectivity index (χ4n) is 2.43. The molecule has 2 rings (SSSR count). The van der Waals surface area contributed by atoms with E-state index in [1.807, 2.05) is 0 Å². The molecule has 0 radical (unpaired) electrons. The Morgan fingerprint density at radius 3 is 2.27 bits per heavy atom. The van der Waals surface area contributed by atoms with Crippen molar-refractivity contribution in [3.63, 3.8) is 0 Å². The third-order valence-corrected chi connectivity index (χ3v) is 5.49. The van der Waals surface area contributed by atoms with Gasteiger partial charge >= 0.3 is 6.18 Å². The summed E-state index contributed by atoms with van der Waals surface area (Å²) in [7, 11) is -4.05. The average molecular weight is 336 g/mol. The Bertz CT molecular complexity index is 656. The molecule has 0 saturated carbocycles. The number of carbonyl (C=O) groups excluding carboxylic acids is 1. The number of nitrogens with two attached hydrogens (primary N) is 1. The Balaban J connectivity index is 2.35. The highest BCUT2D eigenvalue weighted by Gasteiger charge is 2.37. The van der Waals surface area contributed by atoms with Crippen LogP contribution in [0.4, 0.5) is 13.2 Å². The van der Waals surface area contributed by atoms with Crippen molar-refractivity contribution < 1.29 is 26.4 Å². The van der Waals surface area contributed by atoms with Gasteiger partial charge < -0.3 is 5.73 Å². The molecule has 0 unspecified atom stereocenters. The quantitative estimate of drug-likeness (QED) is 0.913. The van der Waals surface area contributed by atoms with E-state index in [0.717, 1.165) is 16.4 Å². The number of carbonyl (C=O) groups is 1. The summed E-state index contributed by atoms with van der Waals surface area (Å²) in [5.41, 5.74) is 4.29. The highest BCUT2D eigenvalue weighted by molar-refractivity contribution is 7.89. The van der Waals surface area contributed by atoms with Gasteiger partial charge in [-0.05, 0) is 37.1 Å². The Morgan fingerprint density at radius 1 is 1.18 bits per heavy atom. The second-order valence-electron chi connectivity index (χ2n) is 5.05. The van der Waals surface area contributed by atoms with Crippen LogP contribution in [0.2, 0.25) is 0 Å². The number of piperidine rings is 1. The van der Waals surface area contributed by atoms with E-state index in [1.165, 1.54) is 0 Å².